The van der Waals surface area contributed by atoms with Gasteiger partial charge in [0.25, 0.3) is 0 Å². The maximum atomic E-state index is 12.5. The summed E-state index contributed by atoms with van der Waals surface area (Å²) >= 11 is 7.31. The van der Waals surface area contributed by atoms with Gasteiger partial charge in [0.2, 0.25) is 11.1 Å². The summed E-state index contributed by atoms with van der Waals surface area (Å²) in [4.78, 5) is 18.6. The summed E-state index contributed by atoms with van der Waals surface area (Å²) < 4.78 is 0. The van der Waals surface area contributed by atoms with E-state index >= 15 is 0 Å². The lowest BCUT2D eigenvalue weighted by atomic mass is 10.3. The molecule has 1 fully saturated rings. The van der Waals surface area contributed by atoms with E-state index in [4.69, 9.17) is 11.6 Å². The molecular formula is C14H15ClN4OS. The number of aryl methyl sites for hydroxylation is 1. The SMILES string of the molecule is CCc1nc(S[C@H]2CCN(c3ccc(Cl)cc3)C2=O)n[nH]1. The first kappa shape index (κ1) is 14.4. The Balaban J connectivity index is 1.69. The van der Waals surface area contributed by atoms with Crippen LogP contribution < -0.4 is 4.90 Å². The zero-order valence-electron chi connectivity index (χ0n) is 11.5. The van der Waals surface area contributed by atoms with Crippen LogP contribution in [0.5, 0.6) is 0 Å². The van der Waals surface area contributed by atoms with Gasteiger partial charge in [-0.05, 0) is 30.7 Å². The van der Waals surface area contributed by atoms with Crippen molar-refractivity contribution in [3.8, 4) is 0 Å². The number of halogens is 1. The Labute approximate surface area is 132 Å². The normalized spacial score (nSPS) is 18.5. The minimum atomic E-state index is -0.124. The zero-order chi connectivity index (χ0) is 14.8. The molecule has 0 saturated carbocycles. The number of aromatic amines is 1. The van der Waals surface area contributed by atoms with Crippen LogP contribution in [0, 0.1) is 0 Å². The lowest BCUT2D eigenvalue weighted by Gasteiger charge is -2.16. The second kappa shape index (κ2) is 6.07. The summed E-state index contributed by atoms with van der Waals surface area (Å²) in [5, 5.41) is 8.19. The zero-order valence-corrected chi connectivity index (χ0v) is 13.1. The van der Waals surface area contributed by atoms with Crippen LogP contribution in [0.2, 0.25) is 5.02 Å². The van der Waals surface area contributed by atoms with Gasteiger partial charge in [0.1, 0.15) is 5.82 Å². The third-order valence-electron chi connectivity index (χ3n) is 3.39. The standard InChI is InChI=1S/C14H15ClN4OS/c1-2-12-16-14(18-17-12)21-11-7-8-19(13(11)20)10-5-3-9(15)4-6-10/h3-6,11H,2,7-8H2,1H3,(H,16,17,18)/t11-/m0/s1. The molecule has 110 valence electrons. The van der Waals surface area contributed by atoms with Crippen LogP contribution in [0.15, 0.2) is 29.4 Å². The second-order valence-electron chi connectivity index (χ2n) is 4.78. The second-order valence-corrected chi connectivity index (χ2v) is 6.39. The maximum Gasteiger partial charge on any atom is 0.240 e. The van der Waals surface area contributed by atoms with Crippen molar-refractivity contribution in [3.63, 3.8) is 0 Å². The Kier molecular flexibility index (Phi) is 4.17. The van der Waals surface area contributed by atoms with Gasteiger partial charge in [-0.2, -0.15) is 0 Å². The fraction of sp³-hybridized carbons (Fsp3) is 0.357. The molecule has 7 heteroatoms. The van der Waals surface area contributed by atoms with E-state index in [-0.39, 0.29) is 11.2 Å². The van der Waals surface area contributed by atoms with Gasteiger partial charge in [0, 0.05) is 23.7 Å². The number of rotatable bonds is 4. The van der Waals surface area contributed by atoms with Gasteiger partial charge in [-0.15, -0.1) is 5.10 Å². The molecule has 21 heavy (non-hydrogen) atoms. The third-order valence-corrected chi connectivity index (χ3v) is 4.76. The summed E-state index contributed by atoms with van der Waals surface area (Å²) in [7, 11) is 0. The lowest BCUT2D eigenvalue weighted by Crippen LogP contribution is -2.27. The van der Waals surface area contributed by atoms with Crippen LogP contribution in [-0.2, 0) is 11.2 Å². The molecule has 1 aliphatic rings. The number of amides is 1. The fourth-order valence-electron chi connectivity index (χ4n) is 2.26. The highest BCUT2D eigenvalue weighted by Gasteiger charge is 2.34. The molecule has 2 heterocycles. The van der Waals surface area contributed by atoms with Crippen molar-refractivity contribution in [2.24, 2.45) is 0 Å². The van der Waals surface area contributed by atoms with Gasteiger partial charge in [-0.25, -0.2) is 4.98 Å². The molecule has 2 aromatic rings. The van der Waals surface area contributed by atoms with Crippen LogP contribution in [0.1, 0.15) is 19.2 Å². The van der Waals surface area contributed by atoms with Gasteiger partial charge in [-0.3, -0.25) is 9.89 Å². The number of anilines is 1. The first-order valence-corrected chi connectivity index (χ1v) is 8.08. The number of aromatic nitrogens is 3. The Hall–Kier alpha value is -1.53. The highest BCUT2D eigenvalue weighted by molar-refractivity contribution is 8.00. The maximum absolute atomic E-state index is 12.5. The number of thioether (sulfide) groups is 1. The number of hydrogen-bond donors (Lipinski definition) is 1. The van der Waals surface area contributed by atoms with Crippen LogP contribution >= 0.6 is 23.4 Å². The molecule has 0 bridgehead atoms. The molecule has 3 rings (SSSR count). The van der Waals surface area contributed by atoms with Gasteiger partial charge < -0.3 is 4.90 Å². The number of carbonyl (C=O) groups excluding carboxylic acids is 1. The van der Waals surface area contributed by atoms with E-state index in [1.165, 1.54) is 11.8 Å². The van der Waals surface area contributed by atoms with Crippen LogP contribution in [-0.4, -0.2) is 32.9 Å². The molecule has 1 amide bonds. The van der Waals surface area contributed by atoms with Gasteiger partial charge >= 0.3 is 0 Å². The first-order chi connectivity index (χ1) is 10.2. The smallest absolute Gasteiger partial charge is 0.240 e. The van der Waals surface area contributed by atoms with E-state index in [1.54, 1.807) is 17.0 Å². The summed E-state index contributed by atoms with van der Waals surface area (Å²) in [5.74, 6) is 0.947. The molecule has 1 aromatic heterocycles. The average Bonchev–Trinajstić information content (AvgIpc) is 3.08. The number of H-pyrrole nitrogens is 1. The Morgan fingerprint density at radius 1 is 1.43 bits per heavy atom. The Morgan fingerprint density at radius 3 is 2.86 bits per heavy atom. The lowest BCUT2D eigenvalue weighted by molar-refractivity contribution is -0.116. The highest BCUT2D eigenvalue weighted by atomic mass is 35.5. The van der Waals surface area contributed by atoms with Gasteiger partial charge in [0.15, 0.2) is 0 Å². The van der Waals surface area contributed by atoms with E-state index < -0.39 is 0 Å². The summed E-state index contributed by atoms with van der Waals surface area (Å²) in [5.41, 5.74) is 0.886. The number of nitrogens with zero attached hydrogens (tertiary/aromatic N) is 3. The minimum absolute atomic E-state index is 0.102. The predicted molar refractivity (Wildman–Crippen MR) is 83.8 cm³/mol. The van der Waals surface area contributed by atoms with Crippen LogP contribution in [0.3, 0.4) is 0 Å². The molecule has 1 aliphatic heterocycles. The number of carbonyl (C=O) groups is 1. The molecule has 1 N–H and O–H groups in total. The van der Waals surface area contributed by atoms with Crippen molar-refractivity contribution < 1.29 is 4.79 Å². The number of nitrogens with one attached hydrogen (secondary N) is 1. The van der Waals surface area contributed by atoms with E-state index in [2.05, 4.69) is 15.2 Å². The minimum Gasteiger partial charge on any atom is -0.311 e. The van der Waals surface area contributed by atoms with Crippen molar-refractivity contribution >= 4 is 35.0 Å². The van der Waals surface area contributed by atoms with Crippen LogP contribution in [0.25, 0.3) is 0 Å². The van der Waals surface area contributed by atoms with Crippen LogP contribution in [0.4, 0.5) is 5.69 Å². The molecule has 1 aromatic carbocycles. The average molecular weight is 323 g/mol. The van der Waals surface area contributed by atoms with Crippen molar-refractivity contribution in [1.29, 1.82) is 0 Å². The molecule has 0 radical (unpaired) electrons. The van der Waals surface area contributed by atoms with Crippen molar-refractivity contribution in [1.82, 2.24) is 15.2 Å². The predicted octanol–water partition coefficient (Wildman–Crippen LogP) is 2.92. The van der Waals surface area contributed by atoms with E-state index in [9.17, 15) is 4.79 Å². The Morgan fingerprint density at radius 2 is 2.19 bits per heavy atom. The van der Waals surface area contributed by atoms with Crippen molar-refractivity contribution in [2.75, 3.05) is 11.4 Å². The number of hydrogen-bond acceptors (Lipinski definition) is 4. The van der Waals surface area contributed by atoms with Crippen molar-refractivity contribution in [3.05, 3.63) is 35.1 Å². The molecule has 1 atom stereocenters. The molecule has 1 saturated heterocycles. The largest absolute Gasteiger partial charge is 0.311 e. The van der Waals surface area contributed by atoms with E-state index in [0.29, 0.717) is 16.7 Å². The first-order valence-electron chi connectivity index (χ1n) is 6.82. The van der Waals surface area contributed by atoms with Gasteiger partial charge in [-0.1, -0.05) is 30.3 Å². The van der Waals surface area contributed by atoms with Crippen molar-refractivity contribution in [2.45, 2.75) is 30.2 Å². The summed E-state index contributed by atoms with van der Waals surface area (Å²) in [6, 6.07) is 7.34. The summed E-state index contributed by atoms with van der Waals surface area (Å²) in [6.45, 7) is 2.72. The van der Waals surface area contributed by atoms with E-state index in [0.717, 1.165) is 24.4 Å². The molecule has 0 unspecified atom stereocenters. The molecule has 5 nitrogen and oxygen atoms in total. The number of benzene rings is 1. The molecule has 0 spiro atoms. The summed E-state index contributed by atoms with van der Waals surface area (Å²) in [6.07, 6.45) is 1.60. The van der Waals surface area contributed by atoms with E-state index in [1.807, 2.05) is 19.1 Å². The monoisotopic (exact) mass is 322 g/mol. The van der Waals surface area contributed by atoms with Gasteiger partial charge in [0.05, 0.1) is 5.25 Å². The quantitative estimate of drug-likeness (QED) is 0.940. The highest BCUT2D eigenvalue weighted by Crippen LogP contribution is 2.31. The topological polar surface area (TPSA) is 61.9 Å². The fourth-order valence-corrected chi connectivity index (χ4v) is 3.35. The molecular weight excluding hydrogens is 308 g/mol. The molecule has 0 aliphatic carbocycles. The third kappa shape index (κ3) is 3.06. The Bertz CT molecular complexity index is 643.